The normalized spacial score (nSPS) is 11.4. The maximum atomic E-state index is 13.2. The lowest BCUT2D eigenvalue weighted by Crippen LogP contribution is -2.14. The van der Waals surface area contributed by atoms with E-state index in [1.54, 1.807) is 13.0 Å². The number of aryl methyl sites for hydroxylation is 1. The van der Waals surface area contributed by atoms with Gasteiger partial charge >= 0.3 is 6.18 Å². The quantitative estimate of drug-likeness (QED) is 0.946. The van der Waals surface area contributed by atoms with Crippen molar-refractivity contribution in [3.8, 4) is 11.8 Å². The van der Waals surface area contributed by atoms with Crippen LogP contribution in [0.5, 0.6) is 0 Å². The lowest BCUT2D eigenvalue weighted by atomic mass is 10.1. The van der Waals surface area contributed by atoms with Crippen molar-refractivity contribution in [1.29, 1.82) is 5.26 Å². The summed E-state index contributed by atoms with van der Waals surface area (Å²) >= 11 is 0. The molecule has 21 heavy (non-hydrogen) atoms. The minimum atomic E-state index is -4.63. The van der Waals surface area contributed by atoms with Crippen LogP contribution in [0.4, 0.5) is 13.2 Å². The number of nitrogens with zero attached hydrogens (tertiary/aromatic N) is 3. The fourth-order valence-electron chi connectivity index (χ4n) is 2.13. The topological polar surface area (TPSA) is 67.6 Å². The molecule has 1 heterocycles. The summed E-state index contributed by atoms with van der Waals surface area (Å²) in [5, 5.41) is 13.0. The number of rotatable bonds is 3. The third-order valence-electron chi connectivity index (χ3n) is 3.07. The molecule has 110 valence electrons. The molecule has 0 amide bonds. The third-order valence-corrected chi connectivity index (χ3v) is 3.07. The molecule has 2 N–H and O–H groups in total. The minimum absolute atomic E-state index is 0.159. The Hall–Kier alpha value is -2.33. The summed E-state index contributed by atoms with van der Waals surface area (Å²) in [6.45, 7) is 2.12. The van der Waals surface area contributed by atoms with Gasteiger partial charge in [-0.3, -0.25) is 0 Å². The molecule has 0 bridgehead atoms. The fraction of sp³-hybridized carbons (Fsp3) is 0.286. The van der Waals surface area contributed by atoms with Crippen molar-refractivity contribution in [1.82, 2.24) is 9.78 Å². The second kappa shape index (κ2) is 5.58. The van der Waals surface area contributed by atoms with Gasteiger partial charge in [0.2, 0.25) is 0 Å². The van der Waals surface area contributed by atoms with E-state index in [-0.39, 0.29) is 5.69 Å². The van der Waals surface area contributed by atoms with E-state index in [0.717, 1.165) is 16.3 Å². The maximum Gasteiger partial charge on any atom is 0.419 e. The zero-order valence-electron chi connectivity index (χ0n) is 11.3. The number of aromatic nitrogens is 2. The Bertz CT molecular complexity index is 695. The lowest BCUT2D eigenvalue weighted by molar-refractivity contribution is -0.137. The summed E-state index contributed by atoms with van der Waals surface area (Å²) in [6.07, 6.45) is -2.63. The van der Waals surface area contributed by atoms with Gasteiger partial charge in [-0.05, 0) is 31.2 Å². The Morgan fingerprint density at radius 2 is 2.10 bits per heavy atom. The van der Waals surface area contributed by atoms with Gasteiger partial charge in [-0.15, -0.1) is 0 Å². The van der Waals surface area contributed by atoms with Crippen LogP contribution in [-0.2, 0) is 12.6 Å². The van der Waals surface area contributed by atoms with Crippen LogP contribution in [0.2, 0.25) is 0 Å². The third kappa shape index (κ3) is 2.90. The highest BCUT2D eigenvalue weighted by Crippen LogP contribution is 2.36. The van der Waals surface area contributed by atoms with Gasteiger partial charge in [-0.2, -0.15) is 23.5 Å². The minimum Gasteiger partial charge on any atom is -0.330 e. The predicted octanol–water partition coefficient (Wildman–Crippen LogP) is 2.57. The average molecular weight is 294 g/mol. The van der Waals surface area contributed by atoms with Gasteiger partial charge in [0.15, 0.2) is 0 Å². The number of hydrogen-bond acceptors (Lipinski definition) is 3. The molecule has 0 aliphatic heterocycles. The number of nitrogens with two attached hydrogens (primary N) is 1. The second-order valence-electron chi connectivity index (χ2n) is 4.55. The number of benzene rings is 1. The van der Waals surface area contributed by atoms with Gasteiger partial charge in [0.05, 0.1) is 28.6 Å². The van der Waals surface area contributed by atoms with Crippen molar-refractivity contribution >= 4 is 0 Å². The smallest absolute Gasteiger partial charge is 0.330 e. The van der Waals surface area contributed by atoms with Crippen LogP contribution in [-0.4, -0.2) is 16.3 Å². The first-order valence-corrected chi connectivity index (χ1v) is 6.24. The summed E-state index contributed by atoms with van der Waals surface area (Å²) < 4.78 is 40.8. The Kier molecular flexibility index (Phi) is 4.00. The molecule has 0 saturated carbocycles. The van der Waals surface area contributed by atoms with Gasteiger partial charge in [0, 0.05) is 12.6 Å². The molecular formula is C14H13F3N4. The molecule has 2 rings (SSSR count). The first kappa shape index (κ1) is 15.1. The molecule has 1 aromatic heterocycles. The maximum absolute atomic E-state index is 13.2. The Labute approximate surface area is 119 Å². The zero-order valence-corrected chi connectivity index (χ0v) is 11.3. The monoisotopic (exact) mass is 294 g/mol. The molecule has 4 nitrogen and oxygen atoms in total. The molecule has 0 atom stereocenters. The average Bonchev–Trinajstić information content (AvgIpc) is 2.79. The van der Waals surface area contributed by atoms with Crippen LogP contribution in [0.1, 0.15) is 22.4 Å². The van der Waals surface area contributed by atoms with Gasteiger partial charge in [0.1, 0.15) is 0 Å². The standard InChI is InChI=1S/C14H13F3N4/c1-9-8-21(20-11(9)5-6-18)12-4-2-3-10(7-19)13(12)14(15,16)17/h2-4,8H,5-6,18H2,1H3. The van der Waals surface area contributed by atoms with Crippen LogP contribution in [0, 0.1) is 18.3 Å². The molecule has 0 aliphatic carbocycles. The molecule has 0 spiro atoms. The van der Waals surface area contributed by atoms with Gasteiger partial charge in [-0.1, -0.05) is 6.07 Å². The SMILES string of the molecule is Cc1cn(-c2cccc(C#N)c2C(F)(F)F)nc1CCN. The van der Waals surface area contributed by atoms with Crippen LogP contribution < -0.4 is 5.73 Å². The second-order valence-corrected chi connectivity index (χ2v) is 4.55. The largest absolute Gasteiger partial charge is 0.419 e. The highest BCUT2D eigenvalue weighted by atomic mass is 19.4. The van der Waals surface area contributed by atoms with Crippen LogP contribution in [0.3, 0.4) is 0 Å². The molecule has 1 aromatic carbocycles. The van der Waals surface area contributed by atoms with Crippen LogP contribution in [0.15, 0.2) is 24.4 Å². The molecule has 0 unspecified atom stereocenters. The Balaban J connectivity index is 2.65. The lowest BCUT2D eigenvalue weighted by Gasteiger charge is -2.14. The van der Waals surface area contributed by atoms with E-state index in [0.29, 0.717) is 18.7 Å². The van der Waals surface area contributed by atoms with E-state index in [1.165, 1.54) is 18.3 Å². The highest BCUT2D eigenvalue weighted by Gasteiger charge is 2.37. The van der Waals surface area contributed by atoms with E-state index >= 15 is 0 Å². The molecule has 2 aromatic rings. The van der Waals surface area contributed by atoms with Crippen molar-refractivity contribution < 1.29 is 13.2 Å². The first-order chi connectivity index (χ1) is 9.88. The molecule has 0 radical (unpaired) electrons. The molecule has 0 saturated heterocycles. The number of hydrogen-bond donors (Lipinski definition) is 1. The van der Waals surface area contributed by atoms with Crippen LogP contribution in [0.25, 0.3) is 5.69 Å². The van der Waals surface area contributed by atoms with Gasteiger partial charge in [0.25, 0.3) is 0 Å². The Morgan fingerprint density at radius 1 is 1.38 bits per heavy atom. The number of alkyl halides is 3. The number of halogens is 3. The van der Waals surface area contributed by atoms with E-state index < -0.39 is 17.3 Å². The first-order valence-electron chi connectivity index (χ1n) is 6.24. The predicted molar refractivity (Wildman–Crippen MR) is 70.8 cm³/mol. The fourth-order valence-corrected chi connectivity index (χ4v) is 2.13. The summed E-state index contributed by atoms with van der Waals surface area (Å²) in [7, 11) is 0. The van der Waals surface area contributed by atoms with E-state index in [9.17, 15) is 13.2 Å². The van der Waals surface area contributed by atoms with Crippen LogP contribution >= 0.6 is 0 Å². The van der Waals surface area contributed by atoms with E-state index in [1.807, 2.05) is 0 Å². The van der Waals surface area contributed by atoms with Gasteiger partial charge < -0.3 is 5.73 Å². The van der Waals surface area contributed by atoms with Crippen molar-refractivity contribution in [2.24, 2.45) is 5.73 Å². The zero-order chi connectivity index (χ0) is 15.6. The Morgan fingerprint density at radius 3 is 2.67 bits per heavy atom. The van der Waals surface area contributed by atoms with Gasteiger partial charge in [-0.25, -0.2) is 4.68 Å². The summed E-state index contributed by atoms with van der Waals surface area (Å²) in [6, 6.07) is 5.42. The highest BCUT2D eigenvalue weighted by molar-refractivity contribution is 5.52. The van der Waals surface area contributed by atoms with Crippen molar-refractivity contribution in [2.75, 3.05) is 6.54 Å². The van der Waals surface area contributed by atoms with E-state index in [4.69, 9.17) is 11.0 Å². The molecule has 0 fully saturated rings. The van der Waals surface area contributed by atoms with Crippen molar-refractivity contribution in [3.05, 3.63) is 46.8 Å². The number of nitriles is 1. The molecule has 0 aliphatic rings. The molecular weight excluding hydrogens is 281 g/mol. The van der Waals surface area contributed by atoms with Crippen molar-refractivity contribution in [3.63, 3.8) is 0 Å². The van der Waals surface area contributed by atoms with E-state index in [2.05, 4.69) is 5.10 Å². The van der Waals surface area contributed by atoms with Crippen molar-refractivity contribution in [2.45, 2.75) is 19.5 Å². The summed E-state index contributed by atoms with van der Waals surface area (Å²) in [5.74, 6) is 0. The molecule has 7 heteroatoms. The summed E-state index contributed by atoms with van der Waals surface area (Å²) in [4.78, 5) is 0. The summed E-state index contributed by atoms with van der Waals surface area (Å²) in [5.41, 5.74) is 5.30.